The Kier molecular flexibility index (Phi) is 8.63. The number of benzene rings is 2. The number of carbonyl (C=O) groups is 2. The van der Waals surface area contributed by atoms with Crippen LogP contribution in [0.4, 0.5) is 0 Å². The Labute approximate surface area is 189 Å². The first kappa shape index (κ1) is 23.3. The van der Waals surface area contributed by atoms with Crippen LogP contribution in [0, 0.1) is 6.92 Å². The van der Waals surface area contributed by atoms with Gasteiger partial charge in [-0.25, -0.2) is 0 Å². The Morgan fingerprint density at radius 3 is 2.06 bits per heavy atom. The summed E-state index contributed by atoms with van der Waals surface area (Å²) in [5.74, 6) is 1.27. The fourth-order valence-electron chi connectivity index (χ4n) is 3.43. The second-order valence-corrected chi connectivity index (χ2v) is 7.72. The van der Waals surface area contributed by atoms with Crippen LogP contribution < -0.4 is 0 Å². The maximum Gasteiger partial charge on any atom is 0.242 e. The van der Waals surface area contributed by atoms with Gasteiger partial charge in [-0.05, 0) is 30.2 Å². The molecule has 168 valence electrons. The first-order valence-electron chi connectivity index (χ1n) is 10.7. The van der Waals surface area contributed by atoms with E-state index in [0.717, 1.165) is 16.9 Å². The van der Waals surface area contributed by atoms with Gasteiger partial charge in [0.2, 0.25) is 11.8 Å². The SMILES string of the molecule is COCCN(CC(=O)N(Cc1ccccc1)Cc1ccc(C)o1)C(=O)Cc1ccccc1. The Morgan fingerprint density at radius 1 is 0.812 bits per heavy atom. The van der Waals surface area contributed by atoms with Crippen molar-refractivity contribution in [1.29, 1.82) is 0 Å². The number of rotatable bonds is 11. The normalized spacial score (nSPS) is 10.7. The quantitative estimate of drug-likeness (QED) is 0.460. The standard InChI is InChI=1S/C26H30N2O4/c1-21-13-14-24(32-21)19-28(18-23-11-7-4-8-12-23)26(30)20-27(15-16-31-2)25(29)17-22-9-5-3-6-10-22/h3-14H,15-20H2,1-2H3. The molecule has 2 amide bonds. The molecule has 0 aliphatic rings. The highest BCUT2D eigenvalue weighted by molar-refractivity contribution is 5.86. The number of ether oxygens (including phenoxy) is 1. The van der Waals surface area contributed by atoms with Crippen LogP contribution >= 0.6 is 0 Å². The van der Waals surface area contributed by atoms with Gasteiger partial charge in [-0.2, -0.15) is 0 Å². The minimum absolute atomic E-state index is 0.0124. The van der Waals surface area contributed by atoms with Crippen molar-refractivity contribution in [3.8, 4) is 0 Å². The number of furan rings is 1. The lowest BCUT2D eigenvalue weighted by molar-refractivity contribution is -0.141. The van der Waals surface area contributed by atoms with E-state index in [1.54, 1.807) is 16.9 Å². The topological polar surface area (TPSA) is 63.0 Å². The molecule has 3 aromatic rings. The summed E-state index contributed by atoms with van der Waals surface area (Å²) in [7, 11) is 1.59. The highest BCUT2D eigenvalue weighted by Gasteiger charge is 2.22. The lowest BCUT2D eigenvalue weighted by Crippen LogP contribution is -2.44. The largest absolute Gasteiger partial charge is 0.464 e. The lowest BCUT2D eigenvalue weighted by atomic mass is 10.1. The van der Waals surface area contributed by atoms with E-state index >= 15 is 0 Å². The van der Waals surface area contributed by atoms with E-state index in [9.17, 15) is 9.59 Å². The lowest BCUT2D eigenvalue weighted by Gasteiger charge is -2.27. The van der Waals surface area contributed by atoms with Crippen LogP contribution in [0.15, 0.2) is 77.2 Å². The predicted octanol–water partition coefficient (Wildman–Crippen LogP) is 3.83. The van der Waals surface area contributed by atoms with Crippen LogP contribution in [0.1, 0.15) is 22.6 Å². The minimum atomic E-state index is -0.138. The van der Waals surface area contributed by atoms with Crippen LogP contribution in [-0.4, -0.2) is 48.4 Å². The molecule has 1 heterocycles. The van der Waals surface area contributed by atoms with Crippen molar-refractivity contribution in [1.82, 2.24) is 9.80 Å². The van der Waals surface area contributed by atoms with E-state index in [0.29, 0.717) is 32.0 Å². The van der Waals surface area contributed by atoms with Crippen molar-refractivity contribution in [2.45, 2.75) is 26.4 Å². The van der Waals surface area contributed by atoms with Gasteiger partial charge in [-0.15, -0.1) is 0 Å². The van der Waals surface area contributed by atoms with Gasteiger partial charge in [0, 0.05) is 20.2 Å². The monoisotopic (exact) mass is 434 g/mol. The van der Waals surface area contributed by atoms with E-state index in [-0.39, 0.29) is 24.8 Å². The summed E-state index contributed by atoms with van der Waals surface area (Å²) in [6.45, 7) is 3.36. The number of aryl methyl sites for hydroxylation is 1. The average molecular weight is 435 g/mol. The third-order valence-electron chi connectivity index (χ3n) is 5.15. The Morgan fingerprint density at radius 2 is 1.47 bits per heavy atom. The molecule has 3 rings (SSSR count). The van der Waals surface area contributed by atoms with Gasteiger partial charge in [0.1, 0.15) is 11.5 Å². The fraction of sp³-hybridized carbons (Fsp3) is 0.308. The summed E-state index contributed by atoms with van der Waals surface area (Å²) >= 11 is 0. The molecule has 0 radical (unpaired) electrons. The van der Waals surface area contributed by atoms with E-state index in [1.165, 1.54) is 0 Å². The molecule has 0 fully saturated rings. The highest BCUT2D eigenvalue weighted by Crippen LogP contribution is 2.14. The maximum atomic E-state index is 13.3. The number of nitrogens with zero attached hydrogens (tertiary/aromatic N) is 2. The Hall–Kier alpha value is -3.38. The minimum Gasteiger partial charge on any atom is -0.464 e. The fourth-order valence-corrected chi connectivity index (χ4v) is 3.43. The molecular formula is C26H30N2O4. The summed E-state index contributed by atoms with van der Waals surface area (Å²) in [5, 5.41) is 0. The maximum absolute atomic E-state index is 13.3. The van der Waals surface area contributed by atoms with Crippen molar-refractivity contribution < 1.29 is 18.7 Å². The van der Waals surface area contributed by atoms with E-state index in [1.807, 2.05) is 79.7 Å². The first-order chi connectivity index (χ1) is 15.5. The van der Waals surface area contributed by atoms with Gasteiger partial charge in [0.25, 0.3) is 0 Å². The van der Waals surface area contributed by atoms with Gasteiger partial charge in [0.15, 0.2) is 0 Å². The summed E-state index contributed by atoms with van der Waals surface area (Å²) in [5.41, 5.74) is 1.93. The summed E-state index contributed by atoms with van der Waals surface area (Å²) in [4.78, 5) is 29.6. The smallest absolute Gasteiger partial charge is 0.242 e. The van der Waals surface area contributed by atoms with Crippen LogP contribution in [0.25, 0.3) is 0 Å². The third kappa shape index (κ3) is 7.10. The second kappa shape index (κ2) is 11.9. The zero-order valence-electron chi connectivity index (χ0n) is 18.7. The molecule has 6 heteroatoms. The van der Waals surface area contributed by atoms with Gasteiger partial charge < -0.3 is 19.0 Å². The molecule has 0 aliphatic heterocycles. The molecule has 6 nitrogen and oxygen atoms in total. The van der Waals surface area contributed by atoms with Crippen molar-refractivity contribution in [2.75, 3.05) is 26.8 Å². The van der Waals surface area contributed by atoms with Gasteiger partial charge in [-0.3, -0.25) is 9.59 Å². The second-order valence-electron chi connectivity index (χ2n) is 7.72. The molecule has 2 aromatic carbocycles. The van der Waals surface area contributed by atoms with Crippen molar-refractivity contribution in [3.05, 3.63) is 95.4 Å². The predicted molar refractivity (Wildman–Crippen MR) is 123 cm³/mol. The van der Waals surface area contributed by atoms with Crippen LogP contribution in [0.2, 0.25) is 0 Å². The highest BCUT2D eigenvalue weighted by atomic mass is 16.5. The molecule has 0 N–H and O–H groups in total. The molecule has 0 atom stereocenters. The number of carbonyl (C=O) groups excluding carboxylic acids is 2. The number of hydrogen-bond acceptors (Lipinski definition) is 4. The Bertz CT molecular complexity index is 985. The third-order valence-corrected chi connectivity index (χ3v) is 5.15. The van der Waals surface area contributed by atoms with Crippen molar-refractivity contribution >= 4 is 11.8 Å². The molecular weight excluding hydrogens is 404 g/mol. The average Bonchev–Trinajstić information content (AvgIpc) is 3.22. The summed E-state index contributed by atoms with van der Waals surface area (Å²) < 4.78 is 10.9. The van der Waals surface area contributed by atoms with Gasteiger partial charge in [-0.1, -0.05) is 60.7 Å². The molecule has 1 aromatic heterocycles. The van der Waals surface area contributed by atoms with Gasteiger partial charge in [0.05, 0.1) is 26.1 Å². The molecule has 0 saturated carbocycles. The summed E-state index contributed by atoms with van der Waals surface area (Å²) in [6, 6.07) is 23.1. The van der Waals surface area contributed by atoms with Crippen molar-refractivity contribution in [3.63, 3.8) is 0 Å². The van der Waals surface area contributed by atoms with Crippen LogP contribution in [-0.2, 0) is 33.8 Å². The van der Waals surface area contributed by atoms with Gasteiger partial charge >= 0.3 is 0 Å². The molecule has 0 spiro atoms. The van der Waals surface area contributed by atoms with E-state index in [2.05, 4.69) is 0 Å². The molecule has 32 heavy (non-hydrogen) atoms. The Balaban J connectivity index is 1.74. The summed E-state index contributed by atoms with van der Waals surface area (Å²) in [6.07, 6.45) is 0.244. The number of hydrogen-bond donors (Lipinski definition) is 0. The zero-order valence-corrected chi connectivity index (χ0v) is 18.7. The zero-order chi connectivity index (χ0) is 22.8. The van der Waals surface area contributed by atoms with E-state index < -0.39 is 0 Å². The van der Waals surface area contributed by atoms with Crippen LogP contribution in [0.5, 0.6) is 0 Å². The number of methoxy groups -OCH3 is 1. The molecule has 0 aliphatic carbocycles. The first-order valence-corrected chi connectivity index (χ1v) is 10.7. The van der Waals surface area contributed by atoms with E-state index in [4.69, 9.17) is 9.15 Å². The molecule has 0 unspecified atom stereocenters. The van der Waals surface area contributed by atoms with Crippen LogP contribution in [0.3, 0.4) is 0 Å². The van der Waals surface area contributed by atoms with Crippen molar-refractivity contribution in [2.24, 2.45) is 0 Å². The molecule has 0 saturated heterocycles. The molecule has 0 bridgehead atoms. The number of amides is 2.